The summed E-state index contributed by atoms with van der Waals surface area (Å²) >= 11 is 1.65. The number of carboxylic acids is 1. The monoisotopic (exact) mass is 337 g/mol. The molecule has 0 aromatic heterocycles. The van der Waals surface area contributed by atoms with Gasteiger partial charge in [0.2, 0.25) is 0 Å². The van der Waals surface area contributed by atoms with Crippen LogP contribution in [0, 0.1) is 0 Å². The second kappa shape index (κ2) is 13.4. The fourth-order valence-corrected chi connectivity index (χ4v) is 3.51. The number of thioether (sulfide) groups is 1. The zero-order chi connectivity index (χ0) is 16.8. The van der Waals surface area contributed by atoms with E-state index in [1.807, 2.05) is 12.1 Å². The van der Waals surface area contributed by atoms with Crippen LogP contribution in [0.2, 0.25) is 0 Å². The van der Waals surface area contributed by atoms with Crippen molar-refractivity contribution in [3.63, 3.8) is 0 Å². The first kappa shape index (κ1) is 20.0. The second-order valence-electron chi connectivity index (χ2n) is 5.87. The van der Waals surface area contributed by atoms with Crippen LogP contribution in [0.4, 0.5) is 0 Å². The summed E-state index contributed by atoms with van der Waals surface area (Å²) in [5, 5.41) is 12.6. The number of hydrogen-bond donors (Lipinski definition) is 2. The maximum Gasteiger partial charge on any atom is 0.336 e. The van der Waals surface area contributed by atoms with Gasteiger partial charge in [-0.1, -0.05) is 51.2 Å². The SMILES string of the molecule is CCCCCCCCNCCCCSc1ccccc1C(=O)O. The molecular formula is C19H31NO2S. The number of rotatable bonds is 14. The van der Waals surface area contributed by atoms with E-state index in [9.17, 15) is 4.79 Å². The Kier molecular flexibility index (Phi) is 11.7. The summed E-state index contributed by atoms with van der Waals surface area (Å²) in [4.78, 5) is 12.0. The highest BCUT2D eigenvalue weighted by Gasteiger charge is 2.08. The van der Waals surface area contributed by atoms with Gasteiger partial charge in [-0.3, -0.25) is 0 Å². The van der Waals surface area contributed by atoms with E-state index in [2.05, 4.69) is 12.2 Å². The molecule has 0 saturated heterocycles. The summed E-state index contributed by atoms with van der Waals surface area (Å²) in [5.74, 6) is 0.136. The molecule has 3 nitrogen and oxygen atoms in total. The molecule has 0 saturated carbocycles. The first-order valence-corrected chi connectivity index (χ1v) is 9.90. The molecule has 0 aliphatic rings. The van der Waals surface area contributed by atoms with Crippen molar-refractivity contribution in [2.24, 2.45) is 0 Å². The molecule has 1 rings (SSSR count). The Morgan fingerprint density at radius 2 is 1.65 bits per heavy atom. The summed E-state index contributed by atoms with van der Waals surface area (Å²) < 4.78 is 0. The summed E-state index contributed by atoms with van der Waals surface area (Å²) in [6.45, 7) is 4.44. The average Bonchev–Trinajstić information content (AvgIpc) is 2.56. The Morgan fingerprint density at radius 1 is 1.00 bits per heavy atom. The summed E-state index contributed by atoms with van der Waals surface area (Å²) in [6.07, 6.45) is 10.3. The molecule has 0 heterocycles. The minimum absolute atomic E-state index is 0.415. The van der Waals surface area contributed by atoms with E-state index in [1.54, 1.807) is 23.9 Å². The number of hydrogen-bond acceptors (Lipinski definition) is 3. The van der Waals surface area contributed by atoms with Crippen molar-refractivity contribution in [2.75, 3.05) is 18.8 Å². The lowest BCUT2D eigenvalue weighted by atomic mass is 10.1. The highest BCUT2D eigenvalue weighted by molar-refractivity contribution is 7.99. The zero-order valence-electron chi connectivity index (χ0n) is 14.4. The Hall–Kier alpha value is -1.00. The van der Waals surface area contributed by atoms with Crippen LogP contribution in [0.5, 0.6) is 0 Å². The first-order valence-electron chi connectivity index (χ1n) is 8.91. The highest BCUT2D eigenvalue weighted by atomic mass is 32.2. The number of benzene rings is 1. The zero-order valence-corrected chi connectivity index (χ0v) is 15.2. The Balaban J connectivity index is 1.97. The Morgan fingerprint density at radius 3 is 2.39 bits per heavy atom. The largest absolute Gasteiger partial charge is 0.478 e. The van der Waals surface area contributed by atoms with Crippen LogP contribution in [-0.2, 0) is 0 Å². The molecule has 0 spiro atoms. The molecule has 0 unspecified atom stereocenters. The van der Waals surface area contributed by atoms with Gasteiger partial charge in [0.05, 0.1) is 5.56 Å². The van der Waals surface area contributed by atoms with Crippen molar-refractivity contribution in [1.82, 2.24) is 5.32 Å². The van der Waals surface area contributed by atoms with Crippen LogP contribution in [0.25, 0.3) is 0 Å². The van der Waals surface area contributed by atoms with Crippen molar-refractivity contribution < 1.29 is 9.90 Å². The third kappa shape index (κ3) is 9.67. The van der Waals surface area contributed by atoms with Gasteiger partial charge in [-0.05, 0) is 50.2 Å². The van der Waals surface area contributed by atoms with Crippen molar-refractivity contribution in [3.8, 4) is 0 Å². The lowest BCUT2D eigenvalue weighted by Crippen LogP contribution is -2.16. The van der Waals surface area contributed by atoms with Crippen LogP contribution < -0.4 is 5.32 Å². The van der Waals surface area contributed by atoms with Crippen molar-refractivity contribution in [3.05, 3.63) is 29.8 Å². The minimum atomic E-state index is -0.839. The van der Waals surface area contributed by atoms with Crippen LogP contribution in [0.3, 0.4) is 0 Å². The molecule has 0 radical (unpaired) electrons. The average molecular weight is 338 g/mol. The second-order valence-corrected chi connectivity index (χ2v) is 7.01. The van der Waals surface area contributed by atoms with E-state index in [0.717, 1.165) is 36.6 Å². The molecule has 23 heavy (non-hydrogen) atoms. The van der Waals surface area contributed by atoms with E-state index in [-0.39, 0.29) is 0 Å². The molecule has 0 bridgehead atoms. The van der Waals surface area contributed by atoms with Crippen molar-refractivity contribution in [1.29, 1.82) is 0 Å². The molecule has 0 amide bonds. The summed E-state index contributed by atoms with van der Waals surface area (Å²) in [7, 11) is 0. The smallest absolute Gasteiger partial charge is 0.336 e. The summed E-state index contributed by atoms with van der Waals surface area (Å²) in [5.41, 5.74) is 0.415. The van der Waals surface area contributed by atoms with E-state index in [0.29, 0.717) is 5.56 Å². The van der Waals surface area contributed by atoms with Crippen molar-refractivity contribution >= 4 is 17.7 Å². The van der Waals surface area contributed by atoms with E-state index in [1.165, 1.54) is 38.5 Å². The summed E-state index contributed by atoms with van der Waals surface area (Å²) in [6, 6.07) is 7.24. The maximum atomic E-state index is 11.1. The fraction of sp³-hybridized carbons (Fsp3) is 0.632. The Bertz CT molecular complexity index is 437. The minimum Gasteiger partial charge on any atom is -0.478 e. The number of aromatic carboxylic acids is 1. The topological polar surface area (TPSA) is 49.3 Å². The molecule has 1 aromatic rings. The number of nitrogens with one attached hydrogen (secondary N) is 1. The first-order chi connectivity index (χ1) is 11.3. The van der Waals surface area contributed by atoms with Crippen LogP contribution in [-0.4, -0.2) is 29.9 Å². The predicted octanol–water partition coefficient (Wildman–Crippen LogP) is 5.21. The van der Waals surface area contributed by atoms with Gasteiger partial charge in [-0.25, -0.2) is 4.79 Å². The predicted molar refractivity (Wildman–Crippen MR) is 99.6 cm³/mol. The van der Waals surface area contributed by atoms with Crippen LogP contribution in [0.15, 0.2) is 29.2 Å². The van der Waals surface area contributed by atoms with E-state index < -0.39 is 5.97 Å². The Labute approximate surface area is 145 Å². The fourth-order valence-electron chi connectivity index (χ4n) is 2.46. The van der Waals surface area contributed by atoms with E-state index in [4.69, 9.17) is 5.11 Å². The van der Waals surface area contributed by atoms with Gasteiger partial charge in [0.1, 0.15) is 0 Å². The van der Waals surface area contributed by atoms with Gasteiger partial charge < -0.3 is 10.4 Å². The molecule has 2 N–H and O–H groups in total. The lowest BCUT2D eigenvalue weighted by molar-refractivity contribution is 0.0693. The normalized spacial score (nSPS) is 10.8. The van der Waals surface area contributed by atoms with Gasteiger partial charge in [0, 0.05) is 4.90 Å². The third-order valence-electron chi connectivity index (χ3n) is 3.83. The van der Waals surface area contributed by atoms with Gasteiger partial charge in [-0.15, -0.1) is 11.8 Å². The molecule has 0 aliphatic carbocycles. The third-order valence-corrected chi connectivity index (χ3v) is 4.99. The molecule has 0 aliphatic heterocycles. The quantitative estimate of drug-likeness (QED) is 0.361. The lowest BCUT2D eigenvalue weighted by Gasteiger charge is -2.06. The van der Waals surface area contributed by atoms with Gasteiger partial charge in [0.25, 0.3) is 0 Å². The molecule has 4 heteroatoms. The van der Waals surface area contributed by atoms with E-state index >= 15 is 0 Å². The maximum absolute atomic E-state index is 11.1. The van der Waals surface area contributed by atoms with Gasteiger partial charge in [0.15, 0.2) is 0 Å². The molecule has 0 atom stereocenters. The number of carbonyl (C=O) groups is 1. The number of carboxylic acid groups (broad SMARTS) is 1. The van der Waals surface area contributed by atoms with Crippen LogP contribution >= 0.6 is 11.8 Å². The standard InChI is InChI=1S/C19H31NO2S/c1-2-3-4-5-6-9-14-20-15-10-11-16-23-18-13-8-7-12-17(18)19(21)22/h7-8,12-13,20H,2-6,9-11,14-16H2,1H3,(H,21,22). The molecule has 1 aromatic carbocycles. The van der Waals surface area contributed by atoms with Gasteiger partial charge in [-0.2, -0.15) is 0 Å². The van der Waals surface area contributed by atoms with Gasteiger partial charge >= 0.3 is 5.97 Å². The highest BCUT2D eigenvalue weighted by Crippen LogP contribution is 2.23. The van der Waals surface area contributed by atoms with Crippen LogP contribution in [0.1, 0.15) is 68.6 Å². The molecule has 130 valence electrons. The number of unbranched alkanes of at least 4 members (excludes halogenated alkanes) is 6. The molecule has 0 fully saturated rings. The molecular weight excluding hydrogens is 306 g/mol. The van der Waals surface area contributed by atoms with Crippen molar-refractivity contribution in [2.45, 2.75) is 63.2 Å².